The van der Waals surface area contributed by atoms with Crippen LogP contribution in [0.15, 0.2) is 24.3 Å². The van der Waals surface area contributed by atoms with Crippen molar-refractivity contribution in [2.45, 2.75) is 25.2 Å². The predicted molar refractivity (Wildman–Crippen MR) is 64.3 cm³/mol. The van der Waals surface area contributed by atoms with Gasteiger partial charge >= 0.3 is 5.97 Å². The second kappa shape index (κ2) is 6.17. The number of carboxylic acid groups (broad SMARTS) is 1. The van der Waals surface area contributed by atoms with Crippen LogP contribution in [0.25, 0.3) is 0 Å². The molecule has 0 aliphatic heterocycles. The highest BCUT2D eigenvalue weighted by molar-refractivity contribution is 5.82. The minimum atomic E-state index is -1.72. The van der Waals surface area contributed by atoms with Gasteiger partial charge in [-0.15, -0.1) is 0 Å². The SMILES string of the molecule is CC(=O)N[C@H](C(=O)O)[C@H](O)[C@@H](O)c1ccc(O)cc1. The monoisotopic (exact) mass is 269 g/mol. The summed E-state index contributed by atoms with van der Waals surface area (Å²) in [5.74, 6) is -2.12. The molecule has 7 heteroatoms. The van der Waals surface area contributed by atoms with E-state index in [1.54, 1.807) is 0 Å². The molecular formula is C12H15NO6. The Balaban J connectivity index is 2.89. The van der Waals surface area contributed by atoms with Crippen LogP contribution in [0.1, 0.15) is 18.6 Å². The Morgan fingerprint density at radius 3 is 2.11 bits per heavy atom. The standard InChI is InChI=1S/C12H15NO6/c1-6(14)13-9(12(18)19)11(17)10(16)7-2-4-8(15)5-3-7/h2-5,9-11,15-17H,1H3,(H,13,14)(H,18,19)/t9-,10-,11-/m0/s1. The van der Waals surface area contributed by atoms with Crippen molar-refractivity contribution in [2.24, 2.45) is 0 Å². The van der Waals surface area contributed by atoms with Crippen molar-refractivity contribution in [2.75, 3.05) is 0 Å². The van der Waals surface area contributed by atoms with E-state index in [0.29, 0.717) is 0 Å². The molecule has 5 N–H and O–H groups in total. The maximum Gasteiger partial charge on any atom is 0.329 e. The molecular weight excluding hydrogens is 254 g/mol. The van der Waals surface area contributed by atoms with Crippen LogP contribution in [0, 0.1) is 0 Å². The number of aliphatic carboxylic acids is 1. The van der Waals surface area contributed by atoms with E-state index >= 15 is 0 Å². The summed E-state index contributed by atoms with van der Waals surface area (Å²) in [6, 6.07) is 3.64. The minimum absolute atomic E-state index is 0.0258. The van der Waals surface area contributed by atoms with Gasteiger partial charge in [0.05, 0.1) is 0 Å². The number of aliphatic hydroxyl groups excluding tert-OH is 2. The maximum absolute atomic E-state index is 10.9. The third kappa shape index (κ3) is 3.94. The molecule has 1 amide bonds. The molecule has 7 nitrogen and oxygen atoms in total. The van der Waals surface area contributed by atoms with E-state index in [-0.39, 0.29) is 11.3 Å². The topological polar surface area (TPSA) is 127 Å². The molecule has 0 fully saturated rings. The molecule has 0 aliphatic rings. The van der Waals surface area contributed by atoms with Crippen molar-refractivity contribution in [1.29, 1.82) is 0 Å². The number of benzene rings is 1. The van der Waals surface area contributed by atoms with Crippen LogP contribution in [0.2, 0.25) is 0 Å². The van der Waals surface area contributed by atoms with Gasteiger partial charge in [0, 0.05) is 6.92 Å². The number of rotatable bonds is 5. The Morgan fingerprint density at radius 1 is 1.16 bits per heavy atom. The largest absolute Gasteiger partial charge is 0.508 e. The average Bonchev–Trinajstić information content (AvgIpc) is 2.34. The van der Waals surface area contributed by atoms with Gasteiger partial charge in [0.1, 0.15) is 18.0 Å². The van der Waals surface area contributed by atoms with Crippen LogP contribution >= 0.6 is 0 Å². The molecule has 0 saturated heterocycles. The summed E-state index contributed by atoms with van der Waals surface area (Å²) in [7, 11) is 0. The van der Waals surface area contributed by atoms with E-state index in [1.807, 2.05) is 5.32 Å². The molecule has 0 saturated carbocycles. The van der Waals surface area contributed by atoms with Crippen LogP contribution in [-0.2, 0) is 9.59 Å². The van der Waals surface area contributed by atoms with Crippen LogP contribution in [0.4, 0.5) is 0 Å². The normalized spacial score (nSPS) is 15.3. The van der Waals surface area contributed by atoms with Crippen molar-refractivity contribution >= 4 is 11.9 Å². The number of carbonyl (C=O) groups is 2. The first-order valence-corrected chi connectivity index (χ1v) is 5.48. The lowest BCUT2D eigenvalue weighted by atomic mass is 9.98. The lowest BCUT2D eigenvalue weighted by molar-refractivity contribution is -0.147. The fourth-order valence-electron chi connectivity index (χ4n) is 1.56. The summed E-state index contributed by atoms with van der Waals surface area (Å²) in [4.78, 5) is 21.8. The second-order valence-corrected chi connectivity index (χ2v) is 4.04. The van der Waals surface area contributed by atoms with Gasteiger partial charge in [0.2, 0.25) is 5.91 Å². The number of nitrogens with one attached hydrogen (secondary N) is 1. The van der Waals surface area contributed by atoms with Gasteiger partial charge in [-0.05, 0) is 17.7 Å². The van der Waals surface area contributed by atoms with Gasteiger partial charge in [-0.1, -0.05) is 12.1 Å². The van der Waals surface area contributed by atoms with Crippen molar-refractivity contribution in [1.82, 2.24) is 5.32 Å². The highest BCUT2D eigenvalue weighted by Crippen LogP contribution is 2.21. The van der Waals surface area contributed by atoms with Crippen LogP contribution in [0.3, 0.4) is 0 Å². The van der Waals surface area contributed by atoms with E-state index in [4.69, 9.17) is 10.2 Å². The number of hydrogen-bond acceptors (Lipinski definition) is 5. The number of amides is 1. The van der Waals surface area contributed by atoms with Crippen LogP contribution < -0.4 is 5.32 Å². The van der Waals surface area contributed by atoms with Crippen molar-refractivity contribution < 1.29 is 30.0 Å². The van der Waals surface area contributed by atoms with E-state index in [2.05, 4.69) is 0 Å². The molecule has 0 bridgehead atoms. The predicted octanol–water partition coefficient (Wildman–Crippen LogP) is -0.624. The molecule has 1 aromatic rings. The fraction of sp³-hybridized carbons (Fsp3) is 0.333. The molecule has 0 aromatic heterocycles. The first-order chi connectivity index (χ1) is 8.82. The zero-order chi connectivity index (χ0) is 14.6. The number of aliphatic hydroxyl groups is 2. The van der Waals surface area contributed by atoms with Crippen molar-refractivity contribution in [3.8, 4) is 5.75 Å². The van der Waals surface area contributed by atoms with Gasteiger partial charge in [-0.25, -0.2) is 4.79 Å². The Bertz CT molecular complexity index is 458. The first-order valence-electron chi connectivity index (χ1n) is 5.48. The zero-order valence-corrected chi connectivity index (χ0v) is 10.1. The van der Waals surface area contributed by atoms with Gasteiger partial charge in [-0.3, -0.25) is 4.79 Å². The maximum atomic E-state index is 10.9. The molecule has 0 aliphatic carbocycles. The smallest absolute Gasteiger partial charge is 0.329 e. The zero-order valence-electron chi connectivity index (χ0n) is 10.1. The molecule has 0 unspecified atom stereocenters. The summed E-state index contributed by atoms with van der Waals surface area (Å²) in [5.41, 5.74) is 0.224. The highest BCUT2D eigenvalue weighted by Gasteiger charge is 2.33. The second-order valence-electron chi connectivity index (χ2n) is 4.04. The number of hydrogen-bond donors (Lipinski definition) is 5. The lowest BCUT2D eigenvalue weighted by Gasteiger charge is -2.24. The summed E-state index contributed by atoms with van der Waals surface area (Å²) in [6.45, 7) is 1.11. The summed E-state index contributed by atoms with van der Waals surface area (Å²) in [6.07, 6.45) is -3.22. The highest BCUT2D eigenvalue weighted by atomic mass is 16.4. The average molecular weight is 269 g/mol. The van der Waals surface area contributed by atoms with E-state index in [9.17, 15) is 19.8 Å². The molecule has 0 spiro atoms. The summed E-state index contributed by atoms with van der Waals surface area (Å²) < 4.78 is 0. The summed E-state index contributed by atoms with van der Waals surface area (Å²) >= 11 is 0. The molecule has 1 rings (SSSR count). The Kier molecular flexibility index (Phi) is 4.85. The third-order valence-electron chi connectivity index (χ3n) is 2.52. The van der Waals surface area contributed by atoms with Crippen molar-refractivity contribution in [3.05, 3.63) is 29.8 Å². The number of carboxylic acids is 1. The molecule has 0 radical (unpaired) electrons. The number of phenolic OH excluding ortho intramolecular Hbond substituents is 1. The molecule has 0 heterocycles. The van der Waals surface area contributed by atoms with E-state index in [0.717, 1.165) is 6.92 Å². The van der Waals surface area contributed by atoms with Crippen LogP contribution in [-0.4, -0.2) is 44.4 Å². The number of carbonyl (C=O) groups excluding carboxylic acids is 1. The fourth-order valence-corrected chi connectivity index (χ4v) is 1.56. The van der Waals surface area contributed by atoms with E-state index < -0.39 is 30.1 Å². The quantitative estimate of drug-likeness (QED) is 0.484. The minimum Gasteiger partial charge on any atom is -0.508 e. The van der Waals surface area contributed by atoms with Gasteiger partial charge in [0.25, 0.3) is 0 Å². The Morgan fingerprint density at radius 2 is 1.68 bits per heavy atom. The van der Waals surface area contributed by atoms with Crippen LogP contribution in [0.5, 0.6) is 5.75 Å². The third-order valence-corrected chi connectivity index (χ3v) is 2.52. The number of aromatic hydroxyl groups is 1. The summed E-state index contributed by atoms with van der Waals surface area (Å²) in [5, 5.41) is 39.7. The lowest BCUT2D eigenvalue weighted by Crippen LogP contribution is -2.50. The van der Waals surface area contributed by atoms with Gasteiger partial charge in [0.15, 0.2) is 6.04 Å². The molecule has 3 atom stereocenters. The Hall–Kier alpha value is -2.12. The van der Waals surface area contributed by atoms with Crippen molar-refractivity contribution in [3.63, 3.8) is 0 Å². The molecule has 1 aromatic carbocycles. The first kappa shape index (κ1) is 14.9. The Labute approximate surface area is 109 Å². The van der Waals surface area contributed by atoms with E-state index in [1.165, 1.54) is 24.3 Å². The molecule has 104 valence electrons. The van der Waals surface area contributed by atoms with Gasteiger partial charge < -0.3 is 25.7 Å². The van der Waals surface area contributed by atoms with Gasteiger partial charge in [-0.2, -0.15) is 0 Å². The molecule has 19 heavy (non-hydrogen) atoms. The number of phenols is 1.